The molecule has 4 aromatic carbocycles. The zero-order valence-electron chi connectivity index (χ0n) is 22.3. The Morgan fingerprint density at radius 2 is 1.03 bits per heavy atom. The van der Waals surface area contributed by atoms with Crippen molar-refractivity contribution >= 4 is 11.9 Å². The average molecular weight is 493 g/mol. The van der Waals surface area contributed by atoms with Crippen molar-refractivity contribution in [2.75, 3.05) is 7.11 Å². The first-order valence-electron chi connectivity index (χ1n) is 12.3. The third-order valence-corrected chi connectivity index (χ3v) is 6.93. The molecule has 0 aliphatic carbocycles. The third-order valence-electron chi connectivity index (χ3n) is 6.93. The van der Waals surface area contributed by atoms with Gasteiger partial charge in [-0.3, -0.25) is 0 Å². The van der Waals surface area contributed by atoms with Crippen molar-refractivity contribution in [1.29, 1.82) is 0 Å². The molecular weight excluding hydrogens is 460 g/mol. The number of methoxy groups -OCH3 is 1. The lowest BCUT2D eigenvalue weighted by molar-refractivity contribution is 0.0600. The highest BCUT2D eigenvalue weighted by Gasteiger charge is 2.14. The summed E-state index contributed by atoms with van der Waals surface area (Å²) >= 11 is 0. The zero-order chi connectivity index (χ0) is 26.7. The van der Waals surface area contributed by atoms with E-state index in [4.69, 9.17) is 9.47 Å². The number of benzene rings is 4. The van der Waals surface area contributed by atoms with Crippen LogP contribution in [0.25, 0.3) is 11.1 Å². The molecule has 0 saturated heterocycles. The Morgan fingerprint density at radius 3 is 1.57 bits per heavy atom. The van der Waals surface area contributed by atoms with Crippen LogP contribution in [0.15, 0.2) is 72.8 Å². The molecule has 0 unspecified atom stereocenters. The summed E-state index contributed by atoms with van der Waals surface area (Å²) in [6.45, 7) is 10.5. The maximum Gasteiger partial charge on any atom is 0.343 e. The van der Waals surface area contributed by atoms with Crippen LogP contribution in [0.1, 0.15) is 59.7 Å². The van der Waals surface area contributed by atoms with Crippen molar-refractivity contribution in [3.05, 3.63) is 123 Å². The molecule has 37 heavy (non-hydrogen) atoms. The fraction of sp³-hybridized carbons (Fsp3) is 0.212. The summed E-state index contributed by atoms with van der Waals surface area (Å²) in [6.07, 6.45) is 0.843. The molecule has 0 atom stereocenters. The van der Waals surface area contributed by atoms with Gasteiger partial charge in [-0.1, -0.05) is 42.5 Å². The van der Waals surface area contributed by atoms with Crippen molar-refractivity contribution in [2.24, 2.45) is 0 Å². The molecule has 0 N–H and O–H groups in total. The number of aryl methyl sites for hydroxylation is 5. The number of carbonyl (C=O) groups is 2. The van der Waals surface area contributed by atoms with Crippen molar-refractivity contribution in [3.8, 4) is 16.9 Å². The fourth-order valence-corrected chi connectivity index (χ4v) is 4.44. The Labute approximate surface area is 218 Å². The molecule has 0 radical (unpaired) electrons. The maximum absolute atomic E-state index is 12.9. The predicted molar refractivity (Wildman–Crippen MR) is 148 cm³/mol. The number of carbonyl (C=O) groups excluding carboxylic acids is 2. The molecule has 0 amide bonds. The molecule has 4 nitrogen and oxygen atoms in total. The van der Waals surface area contributed by atoms with Crippen LogP contribution in [0.4, 0.5) is 0 Å². The molecular formula is C33H32O4. The van der Waals surface area contributed by atoms with Gasteiger partial charge in [0.2, 0.25) is 0 Å². The molecule has 0 aliphatic heterocycles. The van der Waals surface area contributed by atoms with Gasteiger partial charge in [0.15, 0.2) is 0 Å². The van der Waals surface area contributed by atoms with E-state index >= 15 is 0 Å². The van der Waals surface area contributed by atoms with Gasteiger partial charge >= 0.3 is 11.9 Å². The van der Waals surface area contributed by atoms with Crippen LogP contribution in [-0.4, -0.2) is 19.0 Å². The summed E-state index contributed by atoms with van der Waals surface area (Å²) in [7, 11) is 1.36. The standard InChI is InChI=1S/C33H32O4/c1-20-15-22(3)29(16-21(20)2)19-30-17-24(5)31(18-23(30)4)37-33(35)28-13-9-26(10-14-28)25-7-11-27(12-8-25)32(34)36-6/h7-18H,19H2,1-6H3. The minimum absolute atomic E-state index is 0.372. The topological polar surface area (TPSA) is 52.6 Å². The lowest BCUT2D eigenvalue weighted by atomic mass is 9.93. The monoisotopic (exact) mass is 492 g/mol. The first-order valence-corrected chi connectivity index (χ1v) is 12.3. The van der Waals surface area contributed by atoms with Gasteiger partial charge in [0.05, 0.1) is 18.2 Å². The summed E-state index contributed by atoms with van der Waals surface area (Å²) in [5.41, 5.74) is 11.3. The Morgan fingerprint density at radius 1 is 0.568 bits per heavy atom. The Kier molecular flexibility index (Phi) is 7.58. The van der Waals surface area contributed by atoms with Crippen LogP contribution in [0, 0.1) is 34.6 Å². The number of ether oxygens (including phenoxy) is 2. The van der Waals surface area contributed by atoms with Gasteiger partial charge in [-0.05, 0) is 121 Å². The second-order valence-corrected chi connectivity index (χ2v) is 9.62. The fourth-order valence-electron chi connectivity index (χ4n) is 4.44. The van der Waals surface area contributed by atoms with Crippen molar-refractivity contribution in [2.45, 2.75) is 41.0 Å². The highest BCUT2D eigenvalue weighted by molar-refractivity contribution is 5.92. The second kappa shape index (κ2) is 10.8. The highest BCUT2D eigenvalue weighted by Crippen LogP contribution is 2.28. The van der Waals surface area contributed by atoms with E-state index in [1.165, 1.54) is 34.9 Å². The van der Waals surface area contributed by atoms with Gasteiger partial charge < -0.3 is 9.47 Å². The minimum atomic E-state index is -0.396. The van der Waals surface area contributed by atoms with Crippen LogP contribution in [0.5, 0.6) is 5.75 Å². The molecule has 0 aliphatic rings. The molecule has 0 bridgehead atoms. The molecule has 0 fully saturated rings. The number of hydrogen-bond donors (Lipinski definition) is 0. The van der Waals surface area contributed by atoms with Crippen molar-refractivity contribution < 1.29 is 19.1 Å². The molecule has 4 heteroatoms. The van der Waals surface area contributed by atoms with Crippen molar-refractivity contribution in [1.82, 2.24) is 0 Å². The van der Waals surface area contributed by atoms with Crippen LogP contribution in [0.2, 0.25) is 0 Å². The molecule has 0 saturated carbocycles. The van der Waals surface area contributed by atoms with Crippen LogP contribution in [-0.2, 0) is 11.2 Å². The molecule has 4 rings (SSSR count). The van der Waals surface area contributed by atoms with Gasteiger partial charge in [0.1, 0.15) is 5.75 Å². The van der Waals surface area contributed by atoms with Crippen LogP contribution < -0.4 is 4.74 Å². The summed E-state index contributed by atoms with van der Waals surface area (Å²) < 4.78 is 10.5. The lowest BCUT2D eigenvalue weighted by Crippen LogP contribution is -2.10. The number of hydrogen-bond acceptors (Lipinski definition) is 4. The van der Waals surface area contributed by atoms with Gasteiger partial charge in [-0.25, -0.2) is 9.59 Å². The van der Waals surface area contributed by atoms with E-state index in [0.717, 1.165) is 28.7 Å². The summed E-state index contributed by atoms with van der Waals surface area (Å²) in [5, 5.41) is 0. The Bertz CT molecular complexity index is 1460. The van der Waals surface area contributed by atoms with E-state index in [-0.39, 0.29) is 5.97 Å². The van der Waals surface area contributed by atoms with E-state index in [1.54, 1.807) is 24.3 Å². The highest BCUT2D eigenvalue weighted by atomic mass is 16.5. The van der Waals surface area contributed by atoms with E-state index in [2.05, 4.69) is 45.9 Å². The maximum atomic E-state index is 12.9. The van der Waals surface area contributed by atoms with E-state index < -0.39 is 5.97 Å². The van der Waals surface area contributed by atoms with Gasteiger partial charge in [-0.15, -0.1) is 0 Å². The van der Waals surface area contributed by atoms with Crippen LogP contribution in [0.3, 0.4) is 0 Å². The smallest absolute Gasteiger partial charge is 0.343 e. The van der Waals surface area contributed by atoms with Crippen LogP contribution >= 0.6 is 0 Å². The molecule has 0 spiro atoms. The zero-order valence-corrected chi connectivity index (χ0v) is 22.3. The predicted octanol–water partition coefficient (Wildman–Crippen LogP) is 7.49. The summed E-state index contributed by atoms with van der Waals surface area (Å²) in [6, 6.07) is 23.0. The van der Waals surface area contributed by atoms with Crippen molar-refractivity contribution in [3.63, 3.8) is 0 Å². The average Bonchev–Trinajstić information content (AvgIpc) is 2.89. The molecule has 0 aromatic heterocycles. The third kappa shape index (κ3) is 5.80. The number of esters is 2. The Balaban J connectivity index is 1.48. The SMILES string of the molecule is COC(=O)c1ccc(-c2ccc(C(=O)Oc3cc(C)c(Cc4cc(C)c(C)cc4C)cc3C)cc2)cc1. The van der Waals surface area contributed by atoms with E-state index in [9.17, 15) is 9.59 Å². The molecule has 4 aromatic rings. The minimum Gasteiger partial charge on any atom is -0.465 e. The summed E-state index contributed by atoms with van der Waals surface area (Å²) in [5.74, 6) is -0.193. The normalized spacial score (nSPS) is 10.8. The van der Waals surface area contributed by atoms with Gasteiger partial charge in [0, 0.05) is 0 Å². The summed E-state index contributed by atoms with van der Waals surface area (Å²) in [4.78, 5) is 24.5. The lowest BCUT2D eigenvalue weighted by Gasteiger charge is -2.15. The molecule has 0 heterocycles. The first-order chi connectivity index (χ1) is 17.7. The first kappa shape index (κ1) is 25.9. The Hall–Kier alpha value is -4.18. The second-order valence-electron chi connectivity index (χ2n) is 9.62. The van der Waals surface area contributed by atoms with E-state index in [1.807, 2.05) is 37.3 Å². The van der Waals surface area contributed by atoms with Gasteiger partial charge in [-0.2, -0.15) is 0 Å². The quantitative estimate of drug-likeness (QED) is 0.207. The largest absolute Gasteiger partial charge is 0.465 e. The number of rotatable bonds is 6. The van der Waals surface area contributed by atoms with E-state index in [0.29, 0.717) is 16.9 Å². The van der Waals surface area contributed by atoms with Gasteiger partial charge in [0.25, 0.3) is 0 Å². The molecule has 188 valence electrons.